The van der Waals surface area contributed by atoms with Crippen molar-refractivity contribution in [2.45, 2.75) is 31.8 Å². The Morgan fingerprint density at radius 2 is 2.06 bits per heavy atom. The fraction of sp³-hybridized carbons (Fsp3) is 0.571. The fourth-order valence-electron chi connectivity index (χ4n) is 2.40. The van der Waals surface area contributed by atoms with Gasteiger partial charge in [-0.05, 0) is 44.4 Å². The van der Waals surface area contributed by atoms with Crippen molar-refractivity contribution < 1.29 is 0 Å². The summed E-state index contributed by atoms with van der Waals surface area (Å²) in [6.45, 7) is 3.98. The molecule has 1 saturated carbocycles. The Labute approximate surface area is 112 Å². The fourth-order valence-corrected chi connectivity index (χ4v) is 2.81. The first-order valence-electron chi connectivity index (χ1n) is 6.22. The monoisotopic (exact) mass is 296 g/mol. The summed E-state index contributed by atoms with van der Waals surface area (Å²) in [7, 11) is 2.19. The second kappa shape index (κ2) is 5.09. The Morgan fingerprint density at radius 1 is 1.41 bits per heavy atom. The molecule has 0 saturated heterocycles. The predicted molar refractivity (Wildman–Crippen MR) is 75.8 cm³/mol. The standard InChI is InChI=1S/C14H21BrN2/c1-14(10-16,12-7-8-12)17(2)9-11-5-3-4-6-13(11)15/h3-6,12H,7-10,16H2,1-2H3. The zero-order chi connectivity index (χ0) is 12.5. The molecule has 1 fully saturated rings. The maximum Gasteiger partial charge on any atom is 0.0332 e. The number of likely N-dealkylation sites (N-methyl/N-ethyl adjacent to an activating group) is 1. The number of rotatable bonds is 5. The SMILES string of the molecule is CN(Cc1ccccc1Br)C(C)(CN)C1CC1. The number of hydrogen-bond donors (Lipinski definition) is 1. The van der Waals surface area contributed by atoms with Crippen molar-refractivity contribution in [2.75, 3.05) is 13.6 Å². The Kier molecular flexibility index (Phi) is 3.91. The third-order valence-corrected chi connectivity index (χ3v) is 4.88. The summed E-state index contributed by atoms with van der Waals surface area (Å²) in [4.78, 5) is 2.41. The third-order valence-electron chi connectivity index (χ3n) is 4.11. The van der Waals surface area contributed by atoms with Gasteiger partial charge in [-0.25, -0.2) is 0 Å². The van der Waals surface area contributed by atoms with Crippen molar-refractivity contribution >= 4 is 15.9 Å². The van der Waals surface area contributed by atoms with E-state index < -0.39 is 0 Å². The van der Waals surface area contributed by atoms with Gasteiger partial charge in [0, 0.05) is 23.1 Å². The average Bonchev–Trinajstić information content (AvgIpc) is 3.15. The maximum atomic E-state index is 5.99. The Bertz CT molecular complexity index is 390. The van der Waals surface area contributed by atoms with Crippen LogP contribution < -0.4 is 5.73 Å². The van der Waals surface area contributed by atoms with Crippen molar-refractivity contribution in [1.29, 1.82) is 0 Å². The van der Waals surface area contributed by atoms with Crippen LogP contribution in [0.4, 0.5) is 0 Å². The van der Waals surface area contributed by atoms with Crippen LogP contribution >= 0.6 is 15.9 Å². The molecule has 1 atom stereocenters. The van der Waals surface area contributed by atoms with E-state index in [1.165, 1.54) is 22.9 Å². The topological polar surface area (TPSA) is 29.3 Å². The van der Waals surface area contributed by atoms with E-state index in [0.717, 1.165) is 19.0 Å². The first-order chi connectivity index (χ1) is 8.08. The summed E-state index contributed by atoms with van der Waals surface area (Å²) in [6, 6.07) is 8.41. The number of nitrogens with two attached hydrogens (primary N) is 1. The molecule has 1 aromatic carbocycles. The van der Waals surface area contributed by atoms with Gasteiger partial charge in [-0.3, -0.25) is 4.90 Å². The molecule has 2 nitrogen and oxygen atoms in total. The van der Waals surface area contributed by atoms with Crippen LogP contribution in [0.2, 0.25) is 0 Å². The number of nitrogens with zero attached hydrogens (tertiary/aromatic N) is 1. The lowest BCUT2D eigenvalue weighted by atomic mass is 9.93. The second-order valence-electron chi connectivity index (χ2n) is 5.28. The molecule has 1 unspecified atom stereocenters. The van der Waals surface area contributed by atoms with Gasteiger partial charge in [-0.2, -0.15) is 0 Å². The minimum absolute atomic E-state index is 0.148. The molecule has 17 heavy (non-hydrogen) atoms. The molecular formula is C14H21BrN2. The normalized spacial score (nSPS) is 19.4. The van der Waals surface area contributed by atoms with Crippen molar-refractivity contribution in [1.82, 2.24) is 4.90 Å². The number of halogens is 1. The Morgan fingerprint density at radius 3 is 2.59 bits per heavy atom. The quantitative estimate of drug-likeness (QED) is 0.905. The van der Waals surface area contributed by atoms with E-state index in [-0.39, 0.29) is 5.54 Å². The van der Waals surface area contributed by atoms with Gasteiger partial charge in [-0.15, -0.1) is 0 Å². The summed E-state index contributed by atoms with van der Waals surface area (Å²) in [6.07, 6.45) is 2.65. The Hall–Kier alpha value is -0.380. The van der Waals surface area contributed by atoms with Crippen LogP contribution in [-0.4, -0.2) is 24.0 Å². The highest BCUT2D eigenvalue weighted by atomic mass is 79.9. The van der Waals surface area contributed by atoms with Gasteiger partial charge in [0.05, 0.1) is 0 Å². The predicted octanol–water partition coefficient (Wildman–Crippen LogP) is 3.01. The molecule has 0 amide bonds. The summed E-state index contributed by atoms with van der Waals surface area (Å²) in [5, 5.41) is 0. The van der Waals surface area contributed by atoms with Crippen LogP contribution in [0.15, 0.2) is 28.7 Å². The molecule has 0 bridgehead atoms. The summed E-state index contributed by atoms with van der Waals surface area (Å²) in [5.41, 5.74) is 7.46. The summed E-state index contributed by atoms with van der Waals surface area (Å²) >= 11 is 3.61. The van der Waals surface area contributed by atoms with Gasteiger partial charge in [-0.1, -0.05) is 34.1 Å². The average molecular weight is 297 g/mol. The molecule has 1 aromatic rings. The van der Waals surface area contributed by atoms with Crippen LogP contribution in [-0.2, 0) is 6.54 Å². The van der Waals surface area contributed by atoms with Crippen LogP contribution in [0.3, 0.4) is 0 Å². The van der Waals surface area contributed by atoms with E-state index in [2.05, 4.69) is 59.1 Å². The van der Waals surface area contributed by atoms with Crippen LogP contribution in [0.1, 0.15) is 25.3 Å². The van der Waals surface area contributed by atoms with Crippen molar-refractivity contribution in [3.05, 3.63) is 34.3 Å². The zero-order valence-corrected chi connectivity index (χ0v) is 12.2. The minimum Gasteiger partial charge on any atom is -0.329 e. The van der Waals surface area contributed by atoms with Gasteiger partial charge in [0.2, 0.25) is 0 Å². The number of benzene rings is 1. The Balaban J connectivity index is 2.10. The van der Waals surface area contributed by atoms with Crippen molar-refractivity contribution in [3.8, 4) is 0 Å². The molecule has 2 N–H and O–H groups in total. The summed E-state index contributed by atoms with van der Waals surface area (Å²) < 4.78 is 1.18. The molecule has 3 heteroatoms. The van der Waals surface area contributed by atoms with Gasteiger partial charge in [0.1, 0.15) is 0 Å². The molecule has 0 spiro atoms. The molecule has 2 rings (SSSR count). The first-order valence-corrected chi connectivity index (χ1v) is 7.02. The highest BCUT2D eigenvalue weighted by Gasteiger charge is 2.43. The van der Waals surface area contributed by atoms with E-state index in [0.29, 0.717) is 0 Å². The molecule has 0 radical (unpaired) electrons. The molecule has 1 aliphatic carbocycles. The molecule has 0 aliphatic heterocycles. The lowest BCUT2D eigenvalue weighted by molar-refractivity contribution is 0.112. The highest BCUT2D eigenvalue weighted by molar-refractivity contribution is 9.10. The van der Waals surface area contributed by atoms with Gasteiger partial charge >= 0.3 is 0 Å². The summed E-state index contributed by atoms with van der Waals surface area (Å²) in [5.74, 6) is 0.778. The highest BCUT2D eigenvalue weighted by Crippen LogP contribution is 2.42. The molecular weight excluding hydrogens is 276 g/mol. The van der Waals surface area contributed by atoms with Crippen molar-refractivity contribution in [2.24, 2.45) is 11.7 Å². The van der Waals surface area contributed by atoms with Crippen LogP contribution in [0, 0.1) is 5.92 Å². The number of hydrogen-bond acceptors (Lipinski definition) is 2. The first kappa shape index (κ1) is 13.1. The van der Waals surface area contributed by atoms with Gasteiger partial charge in [0.25, 0.3) is 0 Å². The van der Waals surface area contributed by atoms with Crippen LogP contribution in [0.25, 0.3) is 0 Å². The minimum atomic E-state index is 0.148. The largest absolute Gasteiger partial charge is 0.329 e. The lowest BCUT2D eigenvalue weighted by Crippen LogP contribution is -2.51. The van der Waals surface area contributed by atoms with E-state index in [1.807, 2.05) is 0 Å². The van der Waals surface area contributed by atoms with Gasteiger partial charge < -0.3 is 5.73 Å². The smallest absolute Gasteiger partial charge is 0.0332 e. The van der Waals surface area contributed by atoms with E-state index >= 15 is 0 Å². The van der Waals surface area contributed by atoms with E-state index in [9.17, 15) is 0 Å². The third kappa shape index (κ3) is 2.72. The van der Waals surface area contributed by atoms with Gasteiger partial charge in [0.15, 0.2) is 0 Å². The molecule has 0 aromatic heterocycles. The van der Waals surface area contributed by atoms with Crippen molar-refractivity contribution in [3.63, 3.8) is 0 Å². The molecule has 1 aliphatic rings. The maximum absolute atomic E-state index is 5.99. The zero-order valence-electron chi connectivity index (χ0n) is 10.6. The second-order valence-corrected chi connectivity index (χ2v) is 6.14. The lowest BCUT2D eigenvalue weighted by Gasteiger charge is -2.38. The van der Waals surface area contributed by atoms with Crippen LogP contribution in [0.5, 0.6) is 0 Å². The molecule has 94 valence electrons. The van der Waals surface area contributed by atoms with E-state index in [4.69, 9.17) is 5.73 Å². The van der Waals surface area contributed by atoms with E-state index in [1.54, 1.807) is 0 Å². The molecule has 0 heterocycles.